The molecule has 0 saturated heterocycles. The Morgan fingerprint density at radius 3 is 2.78 bits per heavy atom. The van der Waals surface area contributed by atoms with E-state index in [0.717, 1.165) is 26.1 Å². The molecule has 0 saturated carbocycles. The summed E-state index contributed by atoms with van der Waals surface area (Å²) in [5.41, 5.74) is 1.07. The van der Waals surface area contributed by atoms with Gasteiger partial charge in [-0.1, -0.05) is 13.8 Å². The van der Waals surface area contributed by atoms with Gasteiger partial charge in [0.2, 0.25) is 0 Å². The zero-order valence-corrected chi connectivity index (χ0v) is 12.0. The maximum Gasteiger partial charge on any atom is 0.0684 e. The Morgan fingerprint density at radius 2 is 2.17 bits per heavy atom. The van der Waals surface area contributed by atoms with E-state index in [2.05, 4.69) is 48.3 Å². The Bertz CT molecular complexity index is 396. The minimum absolute atomic E-state index is 0.236. The molecule has 0 aliphatic rings. The highest BCUT2D eigenvalue weighted by atomic mass is 14.9. The topological polar surface area (TPSA) is 40.8 Å². The van der Waals surface area contributed by atoms with Crippen LogP contribution in [0, 0.1) is 22.7 Å². The molecule has 0 aliphatic carbocycles. The molecule has 1 aromatic heterocycles. The molecule has 0 amide bonds. The first-order chi connectivity index (χ1) is 8.43. The minimum atomic E-state index is -0.236. The van der Waals surface area contributed by atoms with Crippen LogP contribution in [0.4, 0.5) is 0 Å². The van der Waals surface area contributed by atoms with Gasteiger partial charge in [-0.3, -0.25) is 0 Å². The number of hydrogen-bond donors (Lipinski definition) is 1. The summed E-state index contributed by atoms with van der Waals surface area (Å²) >= 11 is 0. The normalized spacial score (nSPS) is 11.8. The summed E-state index contributed by atoms with van der Waals surface area (Å²) in [4.78, 5) is 0. The third kappa shape index (κ3) is 5.37. The van der Waals surface area contributed by atoms with Crippen molar-refractivity contribution in [2.24, 2.45) is 11.3 Å². The average molecular weight is 247 g/mol. The largest absolute Gasteiger partial charge is 0.354 e. The molecule has 0 radical (unpaired) electrons. The van der Waals surface area contributed by atoms with E-state index in [1.54, 1.807) is 0 Å². The molecular weight excluding hydrogens is 222 g/mol. The fourth-order valence-corrected chi connectivity index (χ4v) is 1.70. The number of nitriles is 1. The molecule has 0 aromatic carbocycles. The van der Waals surface area contributed by atoms with E-state index < -0.39 is 0 Å². The predicted molar refractivity (Wildman–Crippen MR) is 75.0 cm³/mol. The highest BCUT2D eigenvalue weighted by molar-refractivity contribution is 5.10. The van der Waals surface area contributed by atoms with Gasteiger partial charge in [-0.15, -0.1) is 0 Å². The average Bonchev–Trinajstić information content (AvgIpc) is 2.74. The Balaban J connectivity index is 2.37. The number of hydrogen-bond acceptors (Lipinski definition) is 2. The Hall–Kier alpha value is -1.27. The van der Waals surface area contributed by atoms with Gasteiger partial charge in [-0.2, -0.15) is 5.26 Å². The van der Waals surface area contributed by atoms with E-state index in [1.807, 2.05) is 13.8 Å². The lowest BCUT2D eigenvalue weighted by Gasteiger charge is -2.14. The molecule has 1 aromatic rings. The van der Waals surface area contributed by atoms with Gasteiger partial charge >= 0.3 is 0 Å². The van der Waals surface area contributed by atoms with Crippen molar-refractivity contribution in [3.8, 4) is 6.07 Å². The van der Waals surface area contributed by atoms with Gasteiger partial charge in [0.15, 0.2) is 0 Å². The van der Waals surface area contributed by atoms with Crippen LogP contribution in [0.5, 0.6) is 0 Å². The number of aromatic nitrogens is 1. The van der Waals surface area contributed by atoms with Crippen molar-refractivity contribution >= 4 is 0 Å². The van der Waals surface area contributed by atoms with Gasteiger partial charge in [-0.25, -0.2) is 0 Å². The zero-order chi connectivity index (χ0) is 13.6. The first kappa shape index (κ1) is 14.8. The van der Waals surface area contributed by atoms with Crippen LogP contribution in [0.15, 0.2) is 18.5 Å². The number of aryl methyl sites for hydroxylation is 1. The van der Waals surface area contributed by atoms with E-state index in [0.29, 0.717) is 5.92 Å². The zero-order valence-electron chi connectivity index (χ0n) is 12.0. The second-order valence-electron chi connectivity index (χ2n) is 6.03. The summed E-state index contributed by atoms with van der Waals surface area (Å²) in [6.45, 7) is 11.3. The summed E-state index contributed by atoms with van der Waals surface area (Å²) in [5, 5.41) is 12.4. The lowest BCUT2D eigenvalue weighted by Crippen LogP contribution is -2.18. The highest BCUT2D eigenvalue weighted by Gasteiger charge is 2.15. The van der Waals surface area contributed by atoms with Gasteiger partial charge in [0, 0.05) is 25.5 Å². The summed E-state index contributed by atoms with van der Waals surface area (Å²) in [6.07, 6.45) is 5.15. The van der Waals surface area contributed by atoms with E-state index in [1.165, 1.54) is 5.56 Å². The van der Waals surface area contributed by atoms with Crippen LogP contribution in [-0.4, -0.2) is 11.1 Å². The Morgan fingerprint density at radius 1 is 1.44 bits per heavy atom. The van der Waals surface area contributed by atoms with E-state index in [-0.39, 0.29) is 5.41 Å². The van der Waals surface area contributed by atoms with Crippen molar-refractivity contribution in [2.75, 3.05) is 6.54 Å². The molecule has 1 N–H and O–H groups in total. The molecule has 0 spiro atoms. The van der Waals surface area contributed by atoms with Gasteiger partial charge in [0.25, 0.3) is 0 Å². The van der Waals surface area contributed by atoms with E-state index in [4.69, 9.17) is 5.26 Å². The van der Waals surface area contributed by atoms with Crippen molar-refractivity contribution in [3.05, 3.63) is 24.0 Å². The van der Waals surface area contributed by atoms with Crippen LogP contribution in [0.2, 0.25) is 0 Å². The molecule has 100 valence electrons. The monoisotopic (exact) mass is 247 g/mol. The van der Waals surface area contributed by atoms with Crippen molar-refractivity contribution < 1.29 is 0 Å². The SMILES string of the molecule is CC(C)CNCc1ccn(CCC(C)(C)C#N)c1. The molecule has 3 nitrogen and oxygen atoms in total. The molecule has 0 aliphatic heterocycles. The second-order valence-corrected chi connectivity index (χ2v) is 6.03. The summed E-state index contributed by atoms with van der Waals surface area (Å²) in [7, 11) is 0. The molecule has 3 heteroatoms. The van der Waals surface area contributed by atoms with Crippen molar-refractivity contribution in [1.82, 2.24) is 9.88 Å². The first-order valence-corrected chi connectivity index (χ1v) is 6.69. The van der Waals surface area contributed by atoms with Crippen LogP contribution >= 0.6 is 0 Å². The summed E-state index contributed by atoms with van der Waals surface area (Å²) < 4.78 is 2.17. The van der Waals surface area contributed by atoms with Gasteiger partial charge in [0.05, 0.1) is 11.5 Å². The smallest absolute Gasteiger partial charge is 0.0684 e. The van der Waals surface area contributed by atoms with Crippen LogP contribution in [0.1, 0.15) is 39.7 Å². The quantitative estimate of drug-likeness (QED) is 0.804. The molecule has 0 atom stereocenters. The maximum absolute atomic E-state index is 8.98. The van der Waals surface area contributed by atoms with Crippen LogP contribution in [0.3, 0.4) is 0 Å². The fourth-order valence-electron chi connectivity index (χ4n) is 1.70. The Labute approximate surface area is 111 Å². The lowest BCUT2D eigenvalue weighted by molar-refractivity contribution is 0.413. The third-order valence-corrected chi connectivity index (χ3v) is 2.99. The second kappa shape index (κ2) is 6.61. The molecule has 0 bridgehead atoms. The van der Waals surface area contributed by atoms with Gasteiger partial charge < -0.3 is 9.88 Å². The van der Waals surface area contributed by atoms with Crippen molar-refractivity contribution in [1.29, 1.82) is 5.26 Å². The number of nitrogens with one attached hydrogen (secondary N) is 1. The van der Waals surface area contributed by atoms with E-state index in [9.17, 15) is 0 Å². The van der Waals surface area contributed by atoms with E-state index >= 15 is 0 Å². The summed E-state index contributed by atoms with van der Waals surface area (Å²) in [5.74, 6) is 0.684. The van der Waals surface area contributed by atoms with Crippen LogP contribution < -0.4 is 5.32 Å². The van der Waals surface area contributed by atoms with Gasteiger partial charge in [0.1, 0.15) is 0 Å². The first-order valence-electron chi connectivity index (χ1n) is 6.69. The fraction of sp³-hybridized carbons (Fsp3) is 0.667. The highest BCUT2D eigenvalue weighted by Crippen LogP contribution is 2.19. The van der Waals surface area contributed by atoms with Crippen molar-refractivity contribution in [3.63, 3.8) is 0 Å². The molecule has 0 unspecified atom stereocenters. The molecule has 1 heterocycles. The van der Waals surface area contributed by atoms with Gasteiger partial charge in [-0.05, 0) is 44.4 Å². The summed E-state index contributed by atoms with van der Waals surface area (Å²) in [6, 6.07) is 4.48. The third-order valence-electron chi connectivity index (χ3n) is 2.99. The van der Waals surface area contributed by atoms with Crippen LogP contribution in [-0.2, 0) is 13.1 Å². The molecular formula is C15H25N3. The predicted octanol–water partition coefficient (Wildman–Crippen LogP) is 3.17. The Kier molecular flexibility index (Phi) is 5.43. The molecule has 1 rings (SSSR count). The minimum Gasteiger partial charge on any atom is -0.354 e. The van der Waals surface area contributed by atoms with Crippen LogP contribution in [0.25, 0.3) is 0 Å². The standard InChI is InChI=1S/C15H25N3/c1-13(2)9-17-10-14-5-7-18(11-14)8-6-15(3,4)12-16/h5,7,11,13,17H,6,8-10H2,1-4H3. The number of nitrogens with zero attached hydrogens (tertiary/aromatic N) is 2. The lowest BCUT2D eigenvalue weighted by atomic mass is 9.91. The molecule has 18 heavy (non-hydrogen) atoms. The maximum atomic E-state index is 8.98. The van der Waals surface area contributed by atoms with Crippen molar-refractivity contribution in [2.45, 2.75) is 47.2 Å². The number of rotatable bonds is 7. The molecule has 0 fully saturated rings.